The molecular formula is C23H28BrCl2N3O4S. The highest BCUT2D eigenvalue weighted by molar-refractivity contribution is 9.10. The van der Waals surface area contributed by atoms with Gasteiger partial charge in [-0.15, -0.1) is 0 Å². The lowest BCUT2D eigenvalue weighted by molar-refractivity contribution is -0.140. The van der Waals surface area contributed by atoms with E-state index in [1.807, 2.05) is 45.0 Å². The molecule has 0 aliphatic rings. The molecule has 34 heavy (non-hydrogen) atoms. The summed E-state index contributed by atoms with van der Waals surface area (Å²) in [5, 5.41) is 3.04. The van der Waals surface area contributed by atoms with Crippen LogP contribution in [0.4, 0.5) is 5.69 Å². The largest absolute Gasteiger partial charge is 0.350 e. The van der Waals surface area contributed by atoms with Crippen molar-refractivity contribution in [2.75, 3.05) is 17.1 Å². The molecule has 2 amide bonds. The minimum Gasteiger partial charge on any atom is -0.350 e. The van der Waals surface area contributed by atoms with E-state index in [9.17, 15) is 18.0 Å². The van der Waals surface area contributed by atoms with E-state index in [-0.39, 0.29) is 28.2 Å². The third-order valence-electron chi connectivity index (χ3n) is 4.79. The molecule has 0 radical (unpaired) electrons. The minimum absolute atomic E-state index is 0.0134. The second-order valence-electron chi connectivity index (χ2n) is 8.91. The van der Waals surface area contributed by atoms with Crippen LogP contribution in [-0.2, 0) is 26.2 Å². The molecule has 2 aromatic carbocycles. The van der Waals surface area contributed by atoms with Gasteiger partial charge in [0.2, 0.25) is 21.8 Å². The van der Waals surface area contributed by atoms with E-state index in [0.717, 1.165) is 20.6 Å². The van der Waals surface area contributed by atoms with Crippen LogP contribution >= 0.6 is 39.1 Å². The fourth-order valence-corrected chi connectivity index (χ4v) is 4.92. The number of amides is 2. The van der Waals surface area contributed by atoms with Crippen LogP contribution < -0.4 is 9.62 Å². The number of carbonyl (C=O) groups is 2. The molecule has 1 atom stereocenters. The number of hydrogen-bond donors (Lipinski definition) is 1. The Hall–Kier alpha value is -1.81. The second-order valence-corrected chi connectivity index (χ2v) is 12.5. The van der Waals surface area contributed by atoms with Crippen molar-refractivity contribution in [3.63, 3.8) is 0 Å². The van der Waals surface area contributed by atoms with E-state index in [1.165, 1.54) is 17.0 Å². The first-order valence-electron chi connectivity index (χ1n) is 10.4. The Kier molecular flexibility index (Phi) is 9.44. The summed E-state index contributed by atoms with van der Waals surface area (Å²) in [4.78, 5) is 27.8. The Morgan fingerprint density at radius 2 is 1.74 bits per heavy atom. The summed E-state index contributed by atoms with van der Waals surface area (Å²) in [5.41, 5.74) is 0.340. The zero-order valence-electron chi connectivity index (χ0n) is 19.6. The third kappa shape index (κ3) is 7.86. The number of benzene rings is 2. The molecule has 0 aliphatic carbocycles. The molecule has 1 N–H and O–H groups in total. The number of nitrogens with one attached hydrogen (secondary N) is 1. The van der Waals surface area contributed by atoms with Gasteiger partial charge in [-0.05, 0) is 57.5 Å². The minimum atomic E-state index is -3.91. The van der Waals surface area contributed by atoms with Crippen LogP contribution in [0, 0.1) is 0 Å². The van der Waals surface area contributed by atoms with Crippen molar-refractivity contribution in [2.45, 2.75) is 45.8 Å². The van der Waals surface area contributed by atoms with Crippen LogP contribution in [0.15, 0.2) is 46.9 Å². The first kappa shape index (κ1) is 28.4. The summed E-state index contributed by atoms with van der Waals surface area (Å²) in [6.07, 6.45) is 0.978. The number of halogens is 3. The number of carbonyl (C=O) groups excluding carboxylic acids is 2. The van der Waals surface area contributed by atoms with E-state index >= 15 is 0 Å². The molecule has 0 unspecified atom stereocenters. The Bertz CT molecular complexity index is 1170. The highest BCUT2D eigenvalue weighted by Crippen LogP contribution is 2.33. The third-order valence-corrected chi connectivity index (χ3v) is 7.22. The van der Waals surface area contributed by atoms with E-state index in [1.54, 1.807) is 13.0 Å². The lowest BCUT2D eigenvalue weighted by Gasteiger charge is -2.33. The molecule has 7 nitrogen and oxygen atoms in total. The summed E-state index contributed by atoms with van der Waals surface area (Å²) in [6.45, 7) is 6.66. The van der Waals surface area contributed by atoms with Gasteiger partial charge in [0.25, 0.3) is 0 Å². The van der Waals surface area contributed by atoms with Crippen molar-refractivity contribution >= 4 is 66.7 Å². The van der Waals surface area contributed by atoms with E-state index in [2.05, 4.69) is 21.2 Å². The SMILES string of the molecule is C[C@H](C(=O)NC(C)(C)C)N(Cc1cccc(Br)c1)C(=O)CN(c1cccc(Cl)c1Cl)S(C)(=O)=O. The smallest absolute Gasteiger partial charge is 0.244 e. The predicted octanol–water partition coefficient (Wildman–Crippen LogP) is 4.85. The van der Waals surface area contributed by atoms with Crippen molar-refractivity contribution in [3.8, 4) is 0 Å². The summed E-state index contributed by atoms with van der Waals surface area (Å²) < 4.78 is 26.9. The van der Waals surface area contributed by atoms with Gasteiger partial charge in [-0.25, -0.2) is 8.42 Å². The maximum Gasteiger partial charge on any atom is 0.244 e. The average molecular weight is 593 g/mol. The molecule has 0 saturated heterocycles. The van der Waals surface area contributed by atoms with Gasteiger partial charge in [-0.2, -0.15) is 0 Å². The van der Waals surface area contributed by atoms with Gasteiger partial charge < -0.3 is 10.2 Å². The molecule has 0 aliphatic heterocycles. The summed E-state index contributed by atoms with van der Waals surface area (Å²) in [7, 11) is -3.91. The van der Waals surface area contributed by atoms with Crippen molar-refractivity contribution in [2.24, 2.45) is 0 Å². The highest BCUT2D eigenvalue weighted by Gasteiger charge is 2.32. The van der Waals surface area contributed by atoms with Gasteiger partial charge in [-0.1, -0.05) is 57.3 Å². The quantitative estimate of drug-likeness (QED) is 0.474. The molecule has 0 spiro atoms. The van der Waals surface area contributed by atoms with Crippen molar-refractivity contribution in [3.05, 3.63) is 62.5 Å². The molecule has 0 bridgehead atoms. The molecule has 2 rings (SSSR count). The lowest BCUT2D eigenvalue weighted by Crippen LogP contribution is -2.54. The number of sulfonamides is 1. The van der Waals surface area contributed by atoms with Gasteiger partial charge in [0.15, 0.2) is 0 Å². The standard InChI is InChI=1S/C23H28BrCl2N3O4S/c1-15(22(31)27-23(2,3)4)28(13-16-8-6-9-17(24)12-16)20(30)14-29(34(5,32)33)19-11-7-10-18(25)21(19)26/h6-12,15H,13-14H2,1-5H3,(H,27,31)/t15-/m1/s1. The van der Waals surface area contributed by atoms with E-state index in [0.29, 0.717) is 0 Å². The van der Waals surface area contributed by atoms with Crippen LogP contribution in [0.25, 0.3) is 0 Å². The number of rotatable bonds is 8. The maximum absolute atomic E-state index is 13.5. The van der Waals surface area contributed by atoms with Crippen LogP contribution in [0.2, 0.25) is 10.0 Å². The Morgan fingerprint density at radius 1 is 1.12 bits per heavy atom. The Morgan fingerprint density at radius 3 is 2.29 bits per heavy atom. The molecular weight excluding hydrogens is 565 g/mol. The first-order chi connectivity index (χ1) is 15.6. The average Bonchev–Trinajstić information content (AvgIpc) is 2.70. The molecule has 186 valence electrons. The lowest BCUT2D eigenvalue weighted by atomic mass is 10.1. The highest BCUT2D eigenvalue weighted by atomic mass is 79.9. The number of nitrogens with zero attached hydrogens (tertiary/aromatic N) is 2. The van der Waals surface area contributed by atoms with Crippen LogP contribution in [-0.4, -0.2) is 49.5 Å². The van der Waals surface area contributed by atoms with Gasteiger partial charge >= 0.3 is 0 Å². The zero-order chi connectivity index (χ0) is 25.8. The molecule has 11 heteroatoms. The van der Waals surface area contributed by atoms with Crippen LogP contribution in [0.1, 0.15) is 33.3 Å². The predicted molar refractivity (Wildman–Crippen MR) is 141 cm³/mol. The maximum atomic E-state index is 13.5. The monoisotopic (exact) mass is 591 g/mol. The molecule has 0 saturated carbocycles. The van der Waals surface area contributed by atoms with Crippen molar-refractivity contribution < 1.29 is 18.0 Å². The van der Waals surface area contributed by atoms with Gasteiger partial charge in [-0.3, -0.25) is 13.9 Å². The molecule has 0 heterocycles. The topological polar surface area (TPSA) is 86.8 Å². The van der Waals surface area contributed by atoms with E-state index < -0.39 is 34.1 Å². The molecule has 0 aromatic heterocycles. The van der Waals surface area contributed by atoms with Gasteiger partial charge in [0.05, 0.1) is 22.0 Å². The Balaban J connectivity index is 2.45. The van der Waals surface area contributed by atoms with Crippen LogP contribution in [0.5, 0.6) is 0 Å². The molecule has 0 fully saturated rings. The summed E-state index contributed by atoms with van der Waals surface area (Å²) >= 11 is 15.7. The Labute approximate surface area is 219 Å². The summed E-state index contributed by atoms with van der Waals surface area (Å²) in [5.74, 6) is -0.930. The molecule has 2 aromatic rings. The normalized spacial score (nSPS) is 12.7. The van der Waals surface area contributed by atoms with Crippen LogP contribution in [0.3, 0.4) is 0 Å². The first-order valence-corrected chi connectivity index (χ1v) is 13.8. The second kappa shape index (κ2) is 11.3. The fraction of sp³-hybridized carbons (Fsp3) is 0.391. The summed E-state index contributed by atoms with van der Waals surface area (Å²) in [6, 6.07) is 11.0. The number of hydrogen-bond acceptors (Lipinski definition) is 4. The van der Waals surface area contributed by atoms with Crippen molar-refractivity contribution in [1.82, 2.24) is 10.2 Å². The van der Waals surface area contributed by atoms with Crippen molar-refractivity contribution in [1.29, 1.82) is 0 Å². The van der Waals surface area contributed by atoms with Gasteiger partial charge in [0.1, 0.15) is 12.6 Å². The zero-order valence-corrected chi connectivity index (χ0v) is 23.5. The van der Waals surface area contributed by atoms with E-state index in [4.69, 9.17) is 23.2 Å². The fourth-order valence-electron chi connectivity index (χ4n) is 3.17. The number of anilines is 1. The van der Waals surface area contributed by atoms with Gasteiger partial charge in [0, 0.05) is 16.6 Å².